The molecule has 1 saturated carbocycles. The van der Waals surface area contributed by atoms with E-state index in [1.807, 2.05) is 4.90 Å². The molecule has 0 aromatic rings. The Morgan fingerprint density at radius 2 is 2.05 bits per heavy atom. The summed E-state index contributed by atoms with van der Waals surface area (Å²) in [6.45, 7) is 1.85. The summed E-state index contributed by atoms with van der Waals surface area (Å²) in [7, 11) is 0. The van der Waals surface area contributed by atoms with Crippen LogP contribution in [-0.4, -0.2) is 49.3 Å². The van der Waals surface area contributed by atoms with Crippen molar-refractivity contribution in [1.29, 1.82) is 0 Å². The number of terminal acetylenes is 1. The van der Waals surface area contributed by atoms with Gasteiger partial charge in [-0.15, -0.1) is 6.42 Å². The standard InChI is InChI=1S/C16H25NO3/c1-2-10-17(14-7-4-3-5-8-14)16(18)13-19-12-15-9-6-11-20-15/h1,14-15H,3-13H2/t15-/m1/s1. The van der Waals surface area contributed by atoms with Crippen molar-refractivity contribution in [2.75, 3.05) is 26.4 Å². The molecule has 1 amide bonds. The highest BCUT2D eigenvalue weighted by Gasteiger charge is 2.25. The van der Waals surface area contributed by atoms with Crippen molar-refractivity contribution in [2.24, 2.45) is 0 Å². The Balaban J connectivity index is 1.75. The Morgan fingerprint density at radius 1 is 1.25 bits per heavy atom. The zero-order valence-corrected chi connectivity index (χ0v) is 12.2. The lowest BCUT2D eigenvalue weighted by atomic mass is 9.94. The molecule has 0 unspecified atom stereocenters. The van der Waals surface area contributed by atoms with E-state index in [1.165, 1.54) is 19.3 Å². The molecule has 1 atom stereocenters. The van der Waals surface area contributed by atoms with E-state index in [2.05, 4.69) is 5.92 Å². The van der Waals surface area contributed by atoms with E-state index in [-0.39, 0.29) is 18.6 Å². The first-order valence-corrected chi connectivity index (χ1v) is 7.73. The Morgan fingerprint density at radius 3 is 2.70 bits per heavy atom. The normalized spacial score (nSPS) is 23.4. The predicted molar refractivity (Wildman–Crippen MR) is 77.2 cm³/mol. The van der Waals surface area contributed by atoms with E-state index < -0.39 is 0 Å². The molecule has 112 valence electrons. The van der Waals surface area contributed by atoms with Gasteiger partial charge in [-0.05, 0) is 25.7 Å². The lowest BCUT2D eigenvalue weighted by Gasteiger charge is -2.33. The van der Waals surface area contributed by atoms with Gasteiger partial charge in [0, 0.05) is 12.6 Å². The molecule has 0 spiro atoms. The number of hydrogen-bond acceptors (Lipinski definition) is 3. The number of carbonyl (C=O) groups is 1. The van der Waals surface area contributed by atoms with Crippen LogP contribution in [0, 0.1) is 12.3 Å². The van der Waals surface area contributed by atoms with Gasteiger partial charge in [-0.2, -0.15) is 0 Å². The monoisotopic (exact) mass is 279 g/mol. The molecule has 1 heterocycles. The summed E-state index contributed by atoms with van der Waals surface area (Å²) in [4.78, 5) is 14.1. The first-order valence-electron chi connectivity index (χ1n) is 7.73. The Hall–Kier alpha value is -1.05. The van der Waals surface area contributed by atoms with Gasteiger partial charge >= 0.3 is 0 Å². The lowest BCUT2D eigenvalue weighted by Crippen LogP contribution is -2.43. The van der Waals surface area contributed by atoms with Crippen LogP contribution < -0.4 is 0 Å². The summed E-state index contributed by atoms with van der Waals surface area (Å²) in [6.07, 6.45) is 13.5. The van der Waals surface area contributed by atoms with Crippen LogP contribution in [0.5, 0.6) is 0 Å². The molecule has 2 aliphatic rings. The van der Waals surface area contributed by atoms with Gasteiger partial charge in [0.25, 0.3) is 0 Å². The molecule has 0 aromatic carbocycles. The van der Waals surface area contributed by atoms with Crippen LogP contribution in [0.15, 0.2) is 0 Å². The van der Waals surface area contributed by atoms with Crippen molar-refractivity contribution in [2.45, 2.75) is 57.1 Å². The van der Waals surface area contributed by atoms with Crippen LogP contribution in [0.25, 0.3) is 0 Å². The molecule has 1 aliphatic heterocycles. The topological polar surface area (TPSA) is 38.8 Å². The minimum absolute atomic E-state index is 0.0212. The summed E-state index contributed by atoms with van der Waals surface area (Å²) < 4.78 is 11.0. The minimum atomic E-state index is 0.0212. The zero-order chi connectivity index (χ0) is 14.2. The second-order valence-corrected chi connectivity index (χ2v) is 5.67. The summed E-state index contributed by atoms with van der Waals surface area (Å²) in [5.41, 5.74) is 0. The number of ether oxygens (including phenoxy) is 2. The summed E-state index contributed by atoms with van der Waals surface area (Å²) in [6, 6.07) is 0.304. The predicted octanol–water partition coefficient (Wildman–Crippen LogP) is 1.98. The number of hydrogen-bond donors (Lipinski definition) is 0. The van der Waals surface area contributed by atoms with Gasteiger partial charge in [0.05, 0.1) is 19.3 Å². The van der Waals surface area contributed by atoms with Crippen LogP contribution in [0.1, 0.15) is 44.9 Å². The van der Waals surface area contributed by atoms with E-state index in [1.54, 1.807) is 0 Å². The Kier molecular flexibility index (Phi) is 6.35. The second-order valence-electron chi connectivity index (χ2n) is 5.67. The van der Waals surface area contributed by atoms with E-state index in [4.69, 9.17) is 15.9 Å². The molecule has 2 fully saturated rings. The van der Waals surface area contributed by atoms with Crippen molar-refractivity contribution in [1.82, 2.24) is 4.90 Å². The maximum atomic E-state index is 12.3. The van der Waals surface area contributed by atoms with Crippen molar-refractivity contribution < 1.29 is 14.3 Å². The largest absolute Gasteiger partial charge is 0.376 e. The highest BCUT2D eigenvalue weighted by atomic mass is 16.5. The summed E-state index contributed by atoms with van der Waals surface area (Å²) in [5.74, 6) is 2.62. The molecular formula is C16H25NO3. The molecule has 0 bridgehead atoms. The third kappa shape index (κ3) is 4.50. The fourth-order valence-electron chi connectivity index (χ4n) is 3.05. The lowest BCUT2D eigenvalue weighted by molar-refractivity contribution is -0.139. The van der Waals surface area contributed by atoms with Crippen LogP contribution in [0.4, 0.5) is 0 Å². The first-order chi connectivity index (χ1) is 9.81. The van der Waals surface area contributed by atoms with Gasteiger partial charge in [0.1, 0.15) is 6.61 Å². The number of nitrogens with zero attached hydrogens (tertiary/aromatic N) is 1. The Bertz CT molecular complexity index is 338. The molecule has 1 saturated heterocycles. The van der Waals surface area contributed by atoms with Crippen molar-refractivity contribution in [3.63, 3.8) is 0 Å². The second kappa shape index (κ2) is 8.28. The van der Waals surface area contributed by atoms with Crippen LogP contribution in [-0.2, 0) is 14.3 Å². The van der Waals surface area contributed by atoms with E-state index >= 15 is 0 Å². The van der Waals surface area contributed by atoms with Gasteiger partial charge in [0.15, 0.2) is 0 Å². The average Bonchev–Trinajstić information content (AvgIpc) is 2.99. The van der Waals surface area contributed by atoms with Gasteiger partial charge in [0.2, 0.25) is 5.91 Å². The average molecular weight is 279 g/mol. The van der Waals surface area contributed by atoms with Crippen LogP contribution in [0.3, 0.4) is 0 Å². The third-order valence-corrected chi connectivity index (χ3v) is 4.15. The third-order valence-electron chi connectivity index (χ3n) is 4.15. The highest BCUT2D eigenvalue weighted by molar-refractivity contribution is 5.78. The van der Waals surface area contributed by atoms with Gasteiger partial charge in [-0.1, -0.05) is 25.2 Å². The van der Waals surface area contributed by atoms with Crippen molar-refractivity contribution in [3.05, 3.63) is 0 Å². The van der Waals surface area contributed by atoms with Gasteiger partial charge in [-0.3, -0.25) is 4.79 Å². The molecule has 0 N–H and O–H groups in total. The molecule has 20 heavy (non-hydrogen) atoms. The number of carbonyl (C=O) groups excluding carboxylic acids is 1. The molecule has 4 nitrogen and oxygen atoms in total. The number of rotatable bonds is 6. The maximum Gasteiger partial charge on any atom is 0.249 e. The molecule has 2 rings (SSSR count). The van der Waals surface area contributed by atoms with Gasteiger partial charge < -0.3 is 14.4 Å². The molecule has 4 heteroatoms. The minimum Gasteiger partial charge on any atom is -0.376 e. The van der Waals surface area contributed by atoms with Gasteiger partial charge in [-0.25, -0.2) is 0 Å². The molecule has 0 radical (unpaired) electrons. The quantitative estimate of drug-likeness (QED) is 0.698. The molecular weight excluding hydrogens is 254 g/mol. The summed E-state index contributed by atoms with van der Waals surface area (Å²) >= 11 is 0. The summed E-state index contributed by atoms with van der Waals surface area (Å²) in [5, 5.41) is 0. The fourth-order valence-corrected chi connectivity index (χ4v) is 3.05. The maximum absolute atomic E-state index is 12.3. The van der Waals surface area contributed by atoms with E-state index in [0.717, 1.165) is 32.3 Å². The first kappa shape index (κ1) is 15.3. The van der Waals surface area contributed by atoms with E-state index in [0.29, 0.717) is 19.2 Å². The van der Waals surface area contributed by atoms with Crippen LogP contribution in [0.2, 0.25) is 0 Å². The van der Waals surface area contributed by atoms with Crippen LogP contribution >= 0.6 is 0 Å². The van der Waals surface area contributed by atoms with Crippen molar-refractivity contribution >= 4 is 5.91 Å². The molecule has 1 aliphatic carbocycles. The Labute approximate surface area is 121 Å². The van der Waals surface area contributed by atoms with Crippen molar-refractivity contribution in [3.8, 4) is 12.3 Å². The zero-order valence-electron chi connectivity index (χ0n) is 12.2. The SMILES string of the molecule is C#CCN(C(=O)COC[C@H]1CCCO1)C1CCCCC1. The van der Waals surface area contributed by atoms with E-state index in [9.17, 15) is 4.79 Å². The highest BCUT2D eigenvalue weighted by Crippen LogP contribution is 2.22. The smallest absolute Gasteiger partial charge is 0.249 e. The molecule has 0 aromatic heterocycles. The number of amides is 1. The fraction of sp³-hybridized carbons (Fsp3) is 0.812.